The Kier molecular flexibility index (Phi) is 7.70. The van der Waals surface area contributed by atoms with Crippen molar-refractivity contribution >= 4 is 45.2 Å². The lowest BCUT2D eigenvalue weighted by molar-refractivity contribution is 0.123. The Labute approximate surface area is 77.8 Å². The molecule has 0 saturated heterocycles. The molecule has 3 heteroatoms. The molecule has 0 aliphatic heterocycles. The van der Waals surface area contributed by atoms with Gasteiger partial charge >= 0.3 is 0 Å². The second kappa shape index (κ2) is 6.54. The predicted octanol–water partition coefficient (Wildman–Crippen LogP) is 2.26. The maximum Gasteiger partial charge on any atom is 0.0668 e. The molecule has 50 valence electrons. The molecule has 0 amide bonds. The van der Waals surface area contributed by atoms with Gasteiger partial charge in [-0.1, -0.05) is 45.2 Å². The van der Waals surface area contributed by atoms with Gasteiger partial charge in [-0.15, -0.1) is 0 Å². The van der Waals surface area contributed by atoms with Crippen LogP contribution in [-0.4, -0.2) is 22.1 Å². The van der Waals surface area contributed by atoms with Crippen molar-refractivity contribution in [3.63, 3.8) is 0 Å². The summed E-state index contributed by atoms with van der Waals surface area (Å²) < 4.78 is 7.43. The highest BCUT2D eigenvalue weighted by Gasteiger charge is 2.01. The van der Waals surface area contributed by atoms with Gasteiger partial charge in [-0.05, 0) is 6.42 Å². The van der Waals surface area contributed by atoms with E-state index in [1.807, 2.05) is 0 Å². The van der Waals surface area contributed by atoms with Crippen molar-refractivity contribution in [3.05, 3.63) is 0 Å². The quantitative estimate of drug-likeness (QED) is 0.564. The van der Waals surface area contributed by atoms with Crippen LogP contribution in [0.5, 0.6) is 0 Å². The van der Waals surface area contributed by atoms with Crippen LogP contribution in [0.25, 0.3) is 0 Å². The van der Waals surface area contributed by atoms with Crippen LogP contribution in [0.2, 0.25) is 0 Å². The molecular weight excluding hydrogens is 330 g/mol. The van der Waals surface area contributed by atoms with E-state index in [0.29, 0.717) is 6.10 Å². The minimum Gasteiger partial charge on any atom is -0.381 e. The Morgan fingerprint density at radius 1 is 1.50 bits per heavy atom. The normalized spacial score (nSPS) is 13.9. The van der Waals surface area contributed by atoms with Crippen molar-refractivity contribution in [3.8, 4) is 0 Å². The second-order valence-corrected chi connectivity index (χ2v) is 3.45. The van der Waals surface area contributed by atoms with Gasteiger partial charge in [0.15, 0.2) is 0 Å². The first-order chi connectivity index (χ1) is 3.85. The number of halogens is 2. The van der Waals surface area contributed by atoms with Gasteiger partial charge < -0.3 is 4.74 Å². The summed E-state index contributed by atoms with van der Waals surface area (Å²) in [6.07, 6.45) is 1.66. The van der Waals surface area contributed by atoms with Gasteiger partial charge in [0, 0.05) is 16.0 Å². The van der Waals surface area contributed by atoms with Gasteiger partial charge in [0.05, 0.1) is 6.10 Å². The Hall–Kier alpha value is 1.42. The molecule has 0 fully saturated rings. The van der Waals surface area contributed by atoms with Gasteiger partial charge in [-0.3, -0.25) is 0 Å². The van der Waals surface area contributed by atoms with Crippen molar-refractivity contribution in [2.75, 3.05) is 16.0 Å². The number of methoxy groups -OCH3 is 1. The first-order valence-electron chi connectivity index (χ1n) is 2.49. The largest absolute Gasteiger partial charge is 0.381 e. The zero-order valence-electron chi connectivity index (χ0n) is 4.86. The van der Waals surface area contributed by atoms with E-state index in [0.717, 1.165) is 4.43 Å². The molecule has 0 rings (SSSR count). The Balaban J connectivity index is 3.07. The van der Waals surface area contributed by atoms with Crippen molar-refractivity contribution in [2.24, 2.45) is 0 Å². The number of ether oxygens (including phenoxy) is 1. The highest BCUT2D eigenvalue weighted by atomic mass is 127. The SMILES string of the molecule is COC(CI)CCI. The summed E-state index contributed by atoms with van der Waals surface area (Å²) in [5, 5.41) is 0. The first-order valence-corrected chi connectivity index (χ1v) is 5.55. The first kappa shape index (κ1) is 9.42. The maximum absolute atomic E-state index is 5.13. The molecule has 0 aliphatic carbocycles. The average Bonchev–Trinajstić information content (AvgIpc) is 1.83. The van der Waals surface area contributed by atoms with Gasteiger partial charge in [0.1, 0.15) is 0 Å². The van der Waals surface area contributed by atoms with Gasteiger partial charge in [0.25, 0.3) is 0 Å². The zero-order valence-corrected chi connectivity index (χ0v) is 9.18. The molecule has 0 aromatic heterocycles. The van der Waals surface area contributed by atoms with E-state index in [-0.39, 0.29) is 0 Å². The summed E-state index contributed by atoms with van der Waals surface area (Å²) in [6.45, 7) is 0. The Bertz CT molecular complexity index is 45.7. The molecule has 0 aliphatic rings. The molecule has 1 atom stereocenters. The summed E-state index contributed by atoms with van der Waals surface area (Å²) in [7, 11) is 1.77. The third-order valence-corrected chi connectivity index (χ3v) is 2.54. The highest BCUT2D eigenvalue weighted by molar-refractivity contribution is 14.1. The molecule has 0 N–H and O–H groups in total. The monoisotopic (exact) mass is 340 g/mol. The van der Waals surface area contributed by atoms with Gasteiger partial charge in [0.2, 0.25) is 0 Å². The lowest BCUT2D eigenvalue weighted by atomic mass is 10.3. The highest BCUT2D eigenvalue weighted by Crippen LogP contribution is 2.03. The van der Waals surface area contributed by atoms with E-state index in [1.165, 1.54) is 10.8 Å². The number of alkyl halides is 2. The van der Waals surface area contributed by atoms with Crippen molar-refractivity contribution in [2.45, 2.75) is 12.5 Å². The van der Waals surface area contributed by atoms with E-state index in [4.69, 9.17) is 4.74 Å². The molecule has 0 aromatic rings. The summed E-state index contributed by atoms with van der Waals surface area (Å²) in [5.41, 5.74) is 0. The average molecular weight is 340 g/mol. The summed E-state index contributed by atoms with van der Waals surface area (Å²) >= 11 is 4.71. The third-order valence-electron chi connectivity index (χ3n) is 0.937. The van der Waals surface area contributed by atoms with Crippen LogP contribution < -0.4 is 0 Å². The molecule has 0 saturated carbocycles. The fourth-order valence-corrected chi connectivity index (χ4v) is 1.87. The van der Waals surface area contributed by atoms with Crippen LogP contribution >= 0.6 is 45.2 Å². The number of hydrogen-bond acceptors (Lipinski definition) is 1. The third kappa shape index (κ3) is 4.31. The minimum absolute atomic E-state index is 0.479. The molecule has 0 radical (unpaired) electrons. The van der Waals surface area contributed by atoms with E-state index in [1.54, 1.807) is 7.11 Å². The van der Waals surface area contributed by atoms with Crippen LogP contribution in [-0.2, 0) is 4.74 Å². The standard InChI is InChI=1S/C5H10I2O/c1-8-5(4-7)2-3-6/h5H,2-4H2,1H3. The van der Waals surface area contributed by atoms with Crippen LogP contribution in [0.4, 0.5) is 0 Å². The molecule has 0 aromatic carbocycles. The molecule has 1 nitrogen and oxygen atoms in total. The topological polar surface area (TPSA) is 9.23 Å². The second-order valence-electron chi connectivity index (χ2n) is 1.49. The van der Waals surface area contributed by atoms with Crippen LogP contribution in [0, 0.1) is 0 Å². The molecule has 0 heterocycles. The molecule has 0 spiro atoms. The van der Waals surface area contributed by atoms with E-state index >= 15 is 0 Å². The van der Waals surface area contributed by atoms with Crippen LogP contribution in [0.1, 0.15) is 6.42 Å². The molecule has 0 bridgehead atoms. The summed E-state index contributed by atoms with van der Waals surface area (Å²) in [5.74, 6) is 0. The van der Waals surface area contributed by atoms with Gasteiger partial charge in [-0.25, -0.2) is 0 Å². The van der Waals surface area contributed by atoms with E-state index in [2.05, 4.69) is 45.2 Å². The van der Waals surface area contributed by atoms with Crippen molar-refractivity contribution in [1.82, 2.24) is 0 Å². The number of hydrogen-bond donors (Lipinski definition) is 0. The fourth-order valence-electron chi connectivity index (χ4n) is 0.380. The van der Waals surface area contributed by atoms with Gasteiger partial charge in [-0.2, -0.15) is 0 Å². The van der Waals surface area contributed by atoms with Crippen LogP contribution in [0.15, 0.2) is 0 Å². The van der Waals surface area contributed by atoms with Crippen molar-refractivity contribution < 1.29 is 4.74 Å². The Morgan fingerprint density at radius 3 is 2.25 bits per heavy atom. The van der Waals surface area contributed by atoms with E-state index in [9.17, 15) is 0 Å². The summed E-state index contributed by atoms with van der Waals surface area (Å²) in [4.78, 5) is 0. The zero-order chi connectivity index (χ0) is 6.41. The lowest BCUT2D eigenvalue weighted by Gasteiger charge is -2.08. The summed E-state index contributed by atoms with van der Waals surface area (Å²) in [6, 6.07) is 0. The van der Waals surface area contributed by atoms with Crippen molar-refractivity contribution in [1.29, 1.82) is 0 Å². The number of rotatable bonds is 4. The molecule has 1 unspecified atom stereocenters. The lowest BCUT2D eigenvalue weighted by Crippen LogP contribution is -2.11. The maximum atomic E-state index is 5.13. The molecule has 8 heavy (non-hydrogen) atoms. The molecular formula is C5H10I2O. The fraction of sp³-hybridized carbons (Fsp3) is 1.00. The Morgan fingerprint density at radius 2 is 2.12 bits per heavy atom. The van der Waals surface area contributed by atoms with E-state index < -0.39 is 0 Å². The van der Waals surface area contributed by atoms with Crippen LogP contribution in [0.3, 0.4) is 0 Å². The minimum atomic E-state index is 0.479. The predicted molar refractivity (Wildman–Crippen MR) is 53.2 cm³/mol. The smallest absolute Gasteiger partial charge is 0.0668 e.